The molecule has 0 unspecified atom stereocenters. The lowest BCUT2D eigenvalue weighted by molar-refractivity contribution is -0.275. The lowest BCUT2D eigenvalue weighted by Crippen LogP contribution is -2.20. The average molecular weight is 497 g/mol. The van der Waals surface area contributed by atoms with Crippen molar-refractivity contribution < 1.29 is 45.7 Å². The minimum absolute atomic E-state index is 0.0151. The van der Waals surface area contributed by atoms with Gasteiger partial charge in [0.25, 0.3) is 10.0 Å². The zero-order valence-corrected chi connectivity index (χ0v) is 18.1. The van der Waals surface area contributed by atoms with Crippen molar-refractivity contribution in [3.05, 3.63) is 78.4 Å². The van der Waals surface area contributed by atoms with Gasteiger partial charge in [-0.2, -0.15) is 0 Å². The Morgan fingerprint density at radius 3 is 2.09 bits per heavy atom. The van der Waals surface area contributed by atoms with Gasteiger partial charge in [0.15, 0.2) is 0 Å². The van der Waals surface area contributed by atoms with E-state index < -0.39 is 33.0 Å². The molecule has 34 heavy (non-hydrogen) atoms. The number of ether oxygens (including phenoxy) is 3. The number of sulfonamides is 1. The smallest absolute Gasteiger partial charge is 0.490 e. The molecule has 8 nitrogen and oxygen atoms in total. The summed E-state index contributed by atoms with van der Waals surface area (Å²) < 4.78 is 79.7. The molecule has 0 spiro atoms. The van der Waals surface area contributed by atoms with Gasteiger partial charge in [0.1, 0.15) is 40.9 Å². The third-order valence-corrected chi connectivity index (χ3v) is 5.62. The van der Waals surface area contributed by atoms with E-state index in [0.717, 1.165) is 12.1 Å². The highest BCUT2D eigenvalue weighted by Gasteiger charge is 2.34. The Hall–Kier alpha value is -3.93. The van der Waals surface area contributed by atoms with Crippen LogP contribution in [0, 0.1) is 0 Å². The molecule has 0 radical (unpaired) electrons. The summed E-state index contributed by atoms with van der Waals surface area (Å²) in [6.45, 7) is 0.121. The third-order valence-electron chi connectivity index (χ3n) is 4.20. The minimum atomic E-state index is -5.05. The molecule has 3 rings (SSSR count). The molecule has 0 heterocycles. The van der Waals surface area contributed by atoms with Gasteiger partial charge in [-0.05, 0) is 48.5 Å². The highest BCUT2D eigenvalue weighted by molar-refractivity contribution is 7.92. The molecule has 0 saturated heterocycles. The molecular formula is C22H18F3NO7S. The number of hydrogen-bond donors (Lipinski definition) is 2. The SMILES string of the molecule is O=C(O)c1ccccc1OCCOc1ccc(NS(=O)(=O)c2ccccc2OC(F)(F)F)cc1. The first-order valence-corrected chi connectivity index (χ1v) is 11.1. The van der Waals surface area contributed by atoms with Gasteiger partial charge in [-0.25, -0.2) is 13.2 Å². The maximum atomic E-state index is 12.6. The van der Waals surface area contributed by atoms with Crippen molar-refractivity contribution >= 4 is 21.7 Å². The number of carboxylic acids is 1. The van der Waals surface area contributed by atoms with Crippen LogP contribution in [-0.4, -0.2) is 39.1 Å². The number of aromatic carboxylic acids is 1. The minimum Gasteiger partial charge on any atom is -0.490 e. The van der Waals surface area contributed by atoms with Crippen molar-refractivity contribution in [2.75, 3.05) is 17.9 Å². The van der Waals surface area contributed by atoms with Crippen molar-refractivity contribution in [3.8, 4) is 17.2 Å². The lowest BCUT2D eigenvalue weighted by Gasteiger charge is -2.14. The summed E-state index contributed by atoms with van der Waals surface area (Å²) in [5, 5.41) is 9.13. The van der Waals surface area contributed by atoms with Crippen LogP contribution < -0.4 is 18.9 Å². The van der Waals surface area contributed by atoms with Gasteiger partial charge in [0.05, 0.1) is 0 Å². The molecule has 180 valence electrons. The van der Waals surface area contributed by atoms with Crippen LogP contribution in [0.1, 0.15) is 10.4 Å². The lowest BCUT2D eigenvalue weighted by atomic mass is 10.2. The van der Waals surface area contributed by atoms with E-state index in [1.807, 2.05) is 0 Å². The summed E-state index contributed by atoms with van der Waals surface area (Å²) in [5.74, 6) is -1.42. The van der Waals surface area contributed by atoms with Crippen molar-refractivity contribution in [2.24, 2.45) is 0 Å². The van der Waals surface area contributed by atoms with Crippen molar-refractivity contribution in [3.63, 3.8) is 0 Å². The summed E-state index contributed by atoms with van der Waals surface area (Å²) in [7, 11) is -4.38. The van der Waals surface area contributed by atoms with E-state index in [1.54, 1.807) is 12.1 Å². The summed E-state index contributed by atoms with van der Waals surface area (Å²) in [4.78, 5) is 10.5. The highest BCUT2D eigenvalue weighted by Crippen LogP contribution is 2.30. The Labute approximate surface area is 192 Å². The first-order valence-electron chi connectivity index (χ1n) is 9.61. The molecule has 0 aromatic heterocycles. The largest absolute Gasteiger partial charge is 0.573 e. The Kier molecular flexibility index (Phi) is 7.51. The number of para-hydroxylation sites is 2. The zero-order valence-electron chi connectivity index (χ0n) is 17.3. The van der Waals surface area contributed by atoms with E-state index in [-0.39, 0.29) is 30.2 Å². The van der Waals surface area contributed by atoms with E-state index in [1.165, 1.54) is 48.5 Å². The first kappa shape index (κ1) is 24.7. The molecule has 0 saturated carbocycles. The zero-order chi connectivity index (χ0) is 24.8. The van der Waals surface area contributed by atoms with E-state index >= 15 is 0 Å². The molecule has 3 aromatic carbocycles. The molecule has 0 aliphatic heterocycles. The maximum absolute atomic E-state index is 12.6. The number of carboxylic acid groups (broad SMARTS) is 1. The maximum Gasteiger partial charge on any atom is 0.573 e. The fourth-order valence-electron chi connectivity index (χ4n) is 2.79. The monoisotopic (exact) mass is 497 g/mol. The van der Waals surface area contributed by atoms with Crippen LogP contribution >= 0.6 is 0 Å². The fraction of sp³-hybridized carbons (Fsp3) is 0.136. The predicted molar refractivity (Wildman–Crippen MR) is 115 cm³/mol. The number of nitrogens with one attached hydrogen (secondary N) is 1. The van der Waals surface area contributed by atoms with Gasteiger partial charge < -0.3 is 19.3 Å². The molecule has 0 amide bonds. The average Bonchev–Trinajstić information content (AvgIpc) is 2.77. The van der Waals surface area contributed by atoms with E-state index in [9.17, 15) is 26.4 Å². The molecule has 0 atom stereocenters. The van der Waals surface area contributed by atoms with Gasteiger partial charge in [-0.15, -0.1) is 13.2 Å². The number of benzene rings is 3. The molecule has 0 fully saturated rings. The van der Waals surface area contributed by atoms with Crippen LogP contribution in [0.25, 0.3) is 0 Å². The Morgan fingerprint density at radius 1 is 0.853 bits per heavy atom. The molecule has 3 aromatic rings. The van der Waals surface area contributed by atoms with Crippen LogP contribution in [0.5, 0.6) is 17.2 Å². The van der Waals surface area contributed by atoms with E-state index in [2.05, 4.69) is 9.46 Å². The van der Waals surface area contributed by atoms with Gasteiger partial charge in [0, 0.05) is 5.69 Å². The highest BCUT2D eigenvalue weighted by atomic mass is 32.2. The van der Waals surface area contributed by atoms with Crippen LogP contribution in [0.2, 0.25) is 0 Å². The third kappa shape index (κ3) is 6.78. The fourth-order valence-corrected chi connectivity index (χ4v) is 3.98. The van der Waals surface area contributed by atoms with Crippen LogP contribution in [0.15, 0.2) is 77.7 Å². The Balaban J connectivity index is 1.59. The number of rotatable bonds is 10. The molecule has 0 bridgehead atoms. The number of halogens is 3. The Bertz CT molecular complexity index is 1250. The molecular weight excluding hydrogens is 479 g/mol. The van der Waals surface area contributed by atoms with Crippen LogP contribution in [0.4, 0.5) is 18.9 Å². The van der Waals surface area contributed by atoms with Crippen LogP contribution in [0.3, 0.4) is 0 Å². The van der Waals surface area contributed by atoms with Crippen molar-refractivity contribution in [2.45, 2.75) is 11.3 Å². The number of anilines is 1. The summed E-state index contributed by atoms with van der Waals surface area (Å²) >= 11 is 0. The second-order valence-corrected chi connectivity index (χ2v) is 8.27. The normalized spacial score (nSPS) is 11.5. The van der Waals surface area contributed by atoms with Crippen LogP contribution in [-0.2, 0) is 10.0 Å². The van der Waals surface area contributed by atoms with E-state index in [4.69, 9.17) is 14.6 Å². The second kappa shape index (κ2) is 10.3. The number of hydrogen-bond acceptors (Lipinski definition) is 6. The van der Waals surface area contributed by atoms with Gasteiger partial charge in [0.2, 0.25) is 0 Å². The van der Waals surface area contributed by atoms with Crippen molar-refractivity contribution in [1.82, 2.24) is 0 Å². The predicted octanol–water partition coefficient (Wildman–Crippen LogP) is 4.54. The Morgan fingerprint density at radius 2 is 1.44 bits per heavy atom. The van der Waals surface area contributed by atoms with Gasteiger partial charge in [-0.1, -0.05) is 24.3 Å². The summed E-state index contributed by atoms with van der Waals surface area (Å²) in [6.07, 6.45) is -5.05. The topological polar surface area (TPSA) is 111 Å². The quantitative estimate of drug-likeness (QED) is 0.396. The molecule has 0 aliphatic carbocycles. The van der Waals surface area contributed by atoms with Crippen molar-refractivity contribution in [1.29, 1.82) is 0 Å². The summed E-state index contributed by atoms with van der Waals surface area (Å²) in [6, 6.07) is 16.1. The first-order chi connectivity index (χ1) is 16.0. The molecule has 0 aliphatic rings. The number of carbonyl (C=O) groups is 1. The standard InChI is InChI=1S/C22H18F3NO7S/c23-22(24,25)33-19-7-3-4-8-20(19)34(29,30)26-15-9-11-16(12-10-15)31-13-14-32-18-6-2-1-5-17(18)21(27)28/h1-12,26H,13-14H2,(H,27,28). The van der Waals surface area contributed by atoms with Gasteiger partial charge >= 0.3 is 12.3 Å². The molecule has 12 heteroatoms. The number of alkyl halides is 3. The summed E-state index contributed by atoms with van der Waals surface area (Å²) in [5.41, 5.74) is 0.0992. The van der Waals surface area contributed by atoms with Gasteiger partial charge in [-0.3, -0.25) is 4.72 Å². The van der Waals surface area contributed by atoms with E-state index in [0.29, 0.717) is 5.75 Å². The molecule has 2 N–H and O–H groups in total. The second-order valence-electron chi connectivity index (χ2n) is 6.62.